The van der Waals surface area contributed by atoms with E-state index >= 15 is 0 Å². The molecule has 0 atom stereocenters. The molecule has 0 saturated heterocycles. The third-order valence-electron chi connectivity index (χ3n) is 1.77. The van der Waals surface area contributed by atoms with Crippen LogP contribution in [0.15, 0.2) is 6.07 Å². The molecule has 1 aromatic rings. The van der Waals surface area contributed by atoms with Crippen molar-refractivity contribution in [3.8, 4) is 11.5 Å². The van der Waals surface area contributed by atoms with E-state index in [2.05, 4.69) is 14.5 Å². The van der Waals surface area contributed by atoms with Crippen LogP contribution in [0.5, 0.6) is 11.5 Å². The third kappa shape index (κ3) is 3.41. The summed E-state index contributed by atoms with van der Waals surface area (Å²) < 4.78 is 81.5. The minimum Gasteiger partial charge on any atom is -0.491 e. The minimum absolute atomic E-state index is 0.276. The average molecular weight is 275 g/mol. The van der Waals surface area contributed by atoms with Crippen LogP contribution in [0.4, 0.5) is 26.3 Å². The van der Waals surface area contributed by atoms with Crippen LogP contribution in [-0.2, 0) is 6.18 Å². The summed E-state index contributed by atoms with van der Waals surface area (Å²) in [6.45, 7) is 1.11. The lowest BCUT2D eigenvalue weighted by Gasteiger charge is -2.17. The van der Waals surface area contributed by atoms with Gasteiger partial charge in [0.2, 0.25) is 0 Å². The van der Waals surface area contributed by atoms with Crippen LogP contribution >= 0.6 is 0 Å². The van der Waals surface area contributed by atoms with Gasteiger partial charge in [-0.05, 0) is 6.92 Å². The van der Waals surface area contributed by atoms with Crippen molar-refractivity contribution in [3.63, 3.8) is 0 Å². The van der Waals surface area contributed by atoms with Gasteiger partial charge >= 0.3 is 12.5 Å². The summed E-state index contributed by atoms with van der Waals surface area (Å²) in [6.07, 6.45) is -10.1. The summed E-state index contributed by atoms with van der Waals surface area (Å²) in [7, 11) is 0.796. The fraction of sp³-hybridized carbons (Fsp3) is 0.444. The van der Waals surface area contributed by atoms with Gasteiger partial charge in [-0.3, -0.25) is 0 Å². The monoisotopic (exact) mass is 275 g/mol. The second-order valence-corrected chi connectivity index (χ2v) is 3.19. The van der Waals surface area contributed by atoms with E-state index in [0.29, 0.717) is 6.07 Å². The first kappa shape index (κ1) is 14.4. The van der Waals surface area contributed by atoms with Crippen LogP contribution < -0.4 is 9.47 Å². The molecule has 0 bridgehead atoms. The van der Waals surface area contributed by atoms with E-state index in [-0.39, 0.29) is 5.69 Å². The highest BCUT2D eigenvalue weighted by Gasteiger charge is 2.40. The Labute approximate surface area is 97.3 Å². The molecule has 1 rings (SSSR count). The van der Waals surface area contributed by atoms with Crippen molar-refractivity contribution >= 4 is 0 Å². The Morgan fingerprint density at radius 3 is 2.06 bits per heavy atom. The summed E-state index contributed by atoms with van der Waals surface area (Å²) in [4.78, 5) is 3.11. The molecular weight excluding hydrogens is 268 g/mol. The highest BCUT2D eigenvalue weighted by molar-refractivity contribution is 5.45. The van der Waals surface area contributed by atoms with Gasteiger partial charge in [-0.2, -0.15) is 13.2 Å². The van der Waals surface area contributed by atoms with E-state index in [1.807, 2.05) is 0 Å². The van der Waals surface area contributed by atoms with Crippen LogP contribution in [0.3, 0.4) is 0 Å². The van der Waals surface area contributed by atoms with E-state index < -0.39 is 29.7 Å². The second-order valence-electron chi connectivity index (χ2n) is 3.19. The Bertz CT molecular complexity index is 440. The van der Waals surface area contributed by atoms with Gasteiger partial charge in [0.25, 0.3) is 0 Å². The summed E-state index contributed by atoms with van der Waals surface area (Å²) in [5.41, 5.74) is -1.84. The molecule has 0 aliphatic heterocycles. The van der Waals surface area contributed by atoms with Crippen LogP contribution in [0.25, 0.3) is 0 Å². The molecule has 1 aromatic heterocycles. The van der Waals surface area contributed by atoms with Gasteiger partial charge in [0.05, 0.1) is 7.11 Å². The number of hydrogen-bond acceptors (Lipinski definition) is 3. The predicted molar refractivity (Wildman–Crippen MR) is 47.2 cm³/mol. The lowest BCUT2D eigenvalue weighted by atomic mass is 10.2. The van der Waals surface area contributed by atoms with Crippen molar-refractivity contribution < 1.29 is 35.8 Å². The molecule has 9 heteroatoms. The van der Waals surface area contributed by atoms with E-state index in [0.717, 1.165) is 14.0 Å². The number of rotatable bonds is 2. The van der Waals surface area contributed by atoms with E-state index in [1.54, 1.807) is 0 Å². The van der Waals surface area contributed by atoms with Gasteiger partial charge in [0.15, 0.2) is 17.2 Å². The number of hydrogen-bond donors (Lipinski definition) is 0. The van der Waals surface area contributed by atoms with Gasteiger partial charge in [-0.15, -0.1) is 13.2 Å². The van der Waals surface area contributed by atoms with E-state index in [9.17, 15) is 26.3 Å². The minimum atomic E-state index is -5.12. The normalized spacial score (nSPS) is 12.4. The first-order chi connectivity index (χ1) is 8.04. The number of methoxy groups -OCH3 is 1. The molecule has 0 aliphatic rings. The van der Waals surface area contributed by atoms with E-state index in [1.165, 1.54) is 0 Å². The molecule has 3 nitrogen and oxygen atoms in total. The SMILES string of the molecule is COc1c(OC(F)(F)F)cc(C)nc1C(F)(F)F. The Balaban J connectivity index is 3.39. The largest absolute Gasteiger partial charge is 0.573 e. The van der Waals surface area contributed by atoms with Crippen molar-refractivity contribution in [2.24, 2.45) is 0 Å². The van der Waals surface area contributed by atoms with Gasteiger partial charge in [-0.1, -0.05) is 0 Å². The fourth-order valence-corrected chi connectivity index (χ4v) is 1.22. The number of ether oxygens (including phenoxy) is 2. The molecule has 0 aromatic carbocycles. The molecule has 102 valence electrons. The molecule has 0 saturated carbocycles. The van der Waals surface area contributed by atoms with E-state index in [4.69, 9.17) is 0 Å². The molecule has 0 radical (unpaired) electrons. The number of pyridine rings is 1. The maximum atomic E-state index is 12.5. The van der Waals surface area contributed by atoms with Gasteiger partial charge in [-0.25, -0.2) is 4.98 Å². The van der Waals surface area contributed by atoms with Crippen LogP contribution in [0, 0.1) is 6.92 Å². The third-order valence-corrected chi connectivity index (χ3v) is 1.77. The number of halogens is 6. The van der Waals surface area contributed by atoms with Crippen LogP contribution in [0.2, 0.25) is 0 Å². The van der Waals surface area contributed by atoms with Gasteiger partial charge in [0, 0.05) is 11.8 Å². The molecule has 0 amide bonds. The zero-order valence-electron chi connectivity index (χ0n) is 9.11. The van der Waals surface area contributed by atoms with Crippen molar-refractivity contribution in [2.75, 3.05) is 7.11 Å². The first-order valence-corrected chi connectivity index (χ1v) is 4.43. The topological polar surface area (TPSA) is 31.4 Å². The molecule has 0 unspecified atom stereocenters. The molecule has 0 N–H and O–H groups in total. The number of aromatic nitrogens is 1. The number of alkyl halides is 6. The fourth-order valence-electron chi connectivity index (χ4n) is 1.22. The van der Waals surface area contributed by atoms with Gasteiger partial charge < -0.3 is 9.47 Å². The standard InChI is InChI=1S/C9H7F6NO2/c1-4-3-5(18-9(13,14)15)6(17-2)7(16-4)8(10,11)12/h3H,1-2H3. The molecule has 0 aliphatic carbocycles. The molecular formula is C9H7F6NO2. The van der Waals surface area contributed by atoms with Crippen molar-refractivity contribution in [3.05, 3.63) is 17.5 Å². The molecule has 0 fully saturated rings. The quantitative estimate of drug-likeness (QED) is 0.776. The summed E-state index contributed by atoms with van der Waals surface area (Å²) in [5, 5.41) is 0. The smallest absolute Gasteiger partial charge is 0.491 e. The zero-order chi connectivity index (χ0) is 14.1. The maximum absolute atomic E-state index is 12.5. The maximum Gasteiger partial charge on any atom is 0.573 e. The Morgan fingerprint density at radius 1 is 1.11 bits per heavy atom. The van der Waals surface area contributed by atoms with Crippen molar-refractivity contribution in [1.29, 1.82) is 0 Å². The Kier molecular flexibility index (Phi) is 3.63. The van der Waals surface area contributed by atoms with Gasteiger partial charge in [0.1, 0.15) is 0 Å². The lowest BCUT2D eigenvalue weighted by molar-refractivity contribution is -0.275. The predicted octanol–water partition coefficient (Wildman–Crippen LogP) is 3.32. The summed E-state index contributed by atoms with van der Waals surface area (Å²) in [5.74, 6) is -2.18. The lowest BCUT2D eigenvalue weighted by Crippen LogP contribution is -2.19. The first-order valence-electron chi connectivity index (χ1n) is 4.43. The average Bonchev–Trinajstić information content (AvgIpc) is 2.12. The number of aryl methyl sites for hydroxylation is 1. The molecule has 1 heterocycles. The highest BCUT2D eigenvalue weighted by Crippen LogP contribution is 2.42. The van der Waals surface area contributed by atoms with Crippen LogP contribution in [-0.4, -0.2) is 18.5 Å². The zero-order valence-corrected chi connectivity index (χ0v) is 9.11. The molecule has 0 spiro atoms. The summed E-state index contributed by atoms with van der Waals surface area (Å²) in [6, 6.07) is 0.710. The Morgan fingerprint density at radius 2 is 1.67 bits per heavy atom. The van der Waals surface area contributed by atoms with Crippen molar-refractivity contribution in [1.82, 2.24) is 4.98 Å². The van der Waals surface area contributed by atoms with Crippen LogP contribution in [0.1, 0.15) is 11.4 Å². The molecule has 18 heavy (non-hydrogen) atoms. The summed E-state index contributed by atoms with van der Waals surface area (Å²) >= 11 is 0. The highest BCUT2D eigenvalue weighted by atomic mass is 19.4. The van der Waals surface area contributed by atoms with Crippen molar-refractivity contribution in [2.45, 2.75) is 19.5 Å². The second kappa shape index (κ2) is 4.54. The number of nitrogens with zero attached hydrogens (tertiary/aromatic N) is 1. The Hall–Kier alpha value is -1.67.